The predicted molar refractivity (Wildman–Crippen MR) is 98.3 cm³/mol. The molecule has 0 saturated heterocycles. The molecule has 0 amide bonds. The number of fused-ring (bicyclic) bond motifs is 1. The Morgan fingerprint density at radius 3 is 2.54 bits per heavy atom. The van der Waals surface area contributed by atoms with E-state index in [0.717, 1.165) is 5.69 Å². The molecule has 0 aliphatic carbocycles. The van der Waals surface area contributed by atoms with Crippen molar-refractivity contribution in [2.45, 2.75) is 13.5 Å². The first-order chi connectivity index (χ1) is 12.4. The largest absolute Gasteiger partial charge is 0.494 e. The third-order valence-electron chi connectivity index (χ3n) is 3.72. The van der Waals surface area contributed by atoms with Crippen LogP contribution in [0.2, 0.25) is 10.0 Å². The van der Waals surface area contributed by atoms with Gasteiger partial charge in [-0.05, 0) is 31.2 Å². The number of carbonyl (C=O) groups is 1. The number of esters is 1. The van der Waals surface area contributed by atoms with E-state index >= 15 is 0 Å². The van der Waals surface area contributed by atoms with Crippen LogP contribution in [-0.4, -0.2) is 22.5 Å². The van der Waals surface area contributed by atoms with Crippen molar-refractivity contribution >= 4 is 34.8 Å². The summed E-state index contributed by atoms with van der Waals surface area (Å²) in [5.41, 5.74) is 1.54. The van der Waals surface area contributed by atoms with E-state index in [9.17, 15) is 9.59 Å². The molecule has 0 radical (unpaired) electrons. The molecule has 0 unspecified atom stereocenters. The molecular formula is C18H14Cl2N2O4. The van der Waals surface area contributed by atoms with E-state index in [4.69, 9.17) is 32.7 Å². The second kappa shape index (κ2) is 7.35. The second-order valence-electron chi connectivity index (χ2n) is 5.50. The number of nitrogens with zero attached hydrogens (tertiary/aromatic N) is 2. The van der Waals surface area contributed by atoms with Crippen molar-refractivity contribution in [3.63, 3.8) is 0 Å². The lowest BCUT2D eigenvalue weighted by molar-refractivity contribution is 0.0467. The minimum absolute atomic E-state index is 0.153. The number of carbonyl (C=O) groups excluding carboxylic acids is 1. The van der Waals surface area contributed by atoms with Gasteiger partial charge in [-0.2, -0.15) is 0 Å². The highest BCUT2D eigenvalue weighted by Crippen LogP contribution is 2.34. The van der Waals surface area contributed by atoms with Crippen molar-refractivity contribution in [2.24, 2.45) is 0 Å². The lowest BCUT2D eigenvalue weighted by Crippen LogP contribution is -2.18. The number of ether oxygens (including phenoxy) is 2. The molecule has 2 heterocycles. The maximum Gasteiger partial charge on any atom is 0.338 e. The Kier molecular flexibility index (Phi) is 5.15. The van der Waals surface area contributed by atoms with E-state index in [2.05, 4.69) is 4.98 Å². The molecule has 0 aliphatic rings. The first-order valence-electron chi connectivity index (χ1n) is 7.59. The van der Waals surface area contributed by atoms with Crippen molar-refractivity contribution < 1.29 is 14.3 Å². The number of hydrogen-bond donors (Lipinski definition) is 0. The maximum absolute atomic E-state index is 12.2. The summed E-state index contributed by atoms with van der Waals surface area (Å²) in [6.45, 7) is 1.66. The van der Waals surface area contributed by atoms with Crippen molar-refractivity contribution in [2.75, 3.05) is 7.11 Å². The molecule has 0 bridgehead atoms. The number of rotatable bonds is 4. The summed E-state index contributed by atoms with van der Waals surface area (Å²) in [5, 5.41) is 0.397. The van der Waals surface area contributed by atoms with Gasteiger partial charge in [0, 0.05) is 11.8 Å². The molecule has 26 heavy (non-hydrogen) atoms. The summed E-state index contributed by atoms with van der Waals surface area (Å²) in [5.74, 6) is -0.354. The van der Waals surface area contributed by atoms with E-state index < -0.39 is 5.97 Å². The van der Waals surface area contributed by atoms with Crippen molar-refractivity contribution in [1.82, 2.24) is 9.38 Å². The van der Waals surface area contributed by atoms with Crippen LogP contribution in [0, 0.1) is 6.92 Å². The molecule has 3 aromatic rings. The Morgan fingerprint density at radius 2 is 1.88 bits per heavy atom. The average Bonchev–Trinajstić information content (AvgIpc) is 2.59. The SMILES string of the molecule is COc1c(Cl)cc(C(=O)OCc2cc(=O)n3c(C)cccc3n2)cc1Cl. The molecule has 2 aromatic heterocycles. The standard InChI is InChI=1S/C18H14Cl2N2O4/c1-10-4-3-5-15-21-12(8-16(23)22(10)15)9-26-18(24)11-6-13(19)17(25-2)14(20)7-11/h3-8H,9H2,1-2H3. The molecule has 0 saturated carbocycles. The molecule has 134 valence electrons. The van der Waals surface area contributed by atoms with Crippen molar-refractivity contribution in [3.8, 4) is 5.75 Å². The fourth-order valence-corrected chi connectivity index (χ4v) is 3.17. The molecule has 8 heteroatoms. The van der Waals surface area contributed by atoms with Crippen LogP contribution in [-0.2, 0) is 11.3 Å². The quantitative estimate of drug-likeness (QED) is 0.633. The van der Waals surface area contributed by atoms with Gasteiger partial charge >= 0.3 is 5.97 Å². The van der Waals surface area contributed by atoms with Crippen LogP contribution in [0.1, 0.15) is 21.7 Å². The predicted octanol–water partition coefficient (Wildman–Crippen LogP) is 3.68. The summed E-state index contributed by atoms with van der Waals surface area (Å²) >= 11 is 12.0. The van der Waals surface area contributed by atoms with Gasteiger partial charge in [-0.3, -0.25) is 9.20 Å². The highest BCUT2D eigenvalue weighted by Gasteiger charge is 2.15. The molecule has 3 rings (SSSR count). The Hall–Kier alpha value is -2.57. The number of aryl methyl sites for hydroxylation is 1. The van der Waals surface area contributed by atoms with E-state index in [0.29, 0.717) is 11.3 Å². The van der Waals surface area contributed by atoms with Gasteiger partial charge in [0.1, 0.15) is 12.3 Å². The number of pyridine rings is 1. The van der Waals surface area contributed by atoms with Crippen LogP contribution in [0.5, 0.6) is 5.75 Å². The summed E-state index contributed by atoms with van der Waals surface area (Å²) in [7, 11) is 1.43. The van der Waals surface area contributed by atoms with Gasteiger partial charge in [-0.15, -0.1) is 0 Å². The van der Waals surface area contributed by atoms with Crippen molar-refractivity contribution in [1.29, 1.82) is 0 Å². The Bertz CT molecular complexity index is 1040. The molecule has 0 atom stereocenters. The Morgan fingerprint density at radius 1 is 1.19 bits per heavy atom. The summed E-state index contributed by atoms with van der Waals surface area (Å²) in [6, 6.07) is 9.46. The van der Waals surface area contributed by atoms with Crippen LogP contribution >= 0.6 is 23.2 Å². The zero-order valence-corrected chi connectivity index (χ0v) is 15.5. The third kappa shape index (κ3) is 3.52. The third-order valence-corrected chi connectivity index (χ3v) is 4.28. The Balaban J connectivity index is 1.82. The summed E-state index contributed by atoms with van der Waals surface area (Å²) in [6.07, 6.45) is 0. The zero-order valence-electron chi connectivity index (χ0n) is 14.0. The fourth-order valence-electron chi connectivity index (χ4n) is 2.53. The van der Waals surface area contributed by atoms with E-state index in [1.54, 1.807) is 12.1 Å². The first-order valence-corrected chi connectivity index (χ1v) is 8.34. The van der Waals surface area contributed by atoms with Crippen LogP contribution in [0.4, 0.5) is 0 Å². The van der Waals surface area contributed by atoms with Crippen LogP contribution in [0.15, 0.2) is 41.2 Å². The second-order valence-corrected chi connectivity index (χ2v) is 6.31. The van der Waals surface area contributed by atoms with E-state index in [1.165, 1.54) is 29.7 Å². The van der Waals surface area contributed by atoms with Gasteiger partial charge < -0.3 is 9.47 Å². The van der Waals surface area contributed by atoms with Gasteiger partial charge in [0.05, 0.1) is 28.4 Å². The molecule has 6 nitrogen and oxygen atoms in total. The molecule has 0 aliphatic heterocycles. The van der Waals surface area contributed by atoms with Crippen molar-refractivity contribution in [3.05, 3.63) is 73.7 Å². The van der Waals surface area contributed by atoms with Gasteiger partial charge in [0.25, 0.3) is 5.56 Å². The first kappa shape index (κ1) is 18.2. The number of benzene rings is 1. The number of aromatic nitrogens is 2. The summed E-state index contributed by atoms with van der Waals surface area (Å²) in [4.78, 5) is 28.8. The minimum Gasteiger partial charge on any atom is -0.494 e. The van der Waals surface area contributed by atoms with Gasteiger partial charge in [-0.1, -0.05) is 29.3 Å². The number of halogens is 2. The van der Waals surface area contributed by atoms with E-state index in [1.807, 2.05) is 13.0 Å². The highest BCUT2D eigenvalue weighted by molar-refractivity contribution is 6.37. The topological polar surface area (TPSA) is 69.9 Å². The van der Waals surface area contributed by atoms with Gasteiger partial charge in [0.15, 0.2) is 5.75 Å². The molecule has 1 aromatic carbocycles. The molecular weight excluding hydrogens is 379 g/mol. The Labute approximate surface area is 158 Å². The lowest BCUT2D eigenvalue weighted by Gasteiger charge is -2.10. The van der Waals surface area contributed by atoms with Crippen LogP contribution in [0.3, 0.4) is 0 Å². The lowest BCUT2D eigenvalue weighted by atomic mass is 10.2. The maximum atomic E-state index is 12.2. The molecule has 0 N–H and O–H groups in total. The number of methoxy groups -OCH3 is 1. The van der Waals surface area contributed by atoms with Crippen LogP contribution in [0.25, 0.3) is 5.65 Å². The molecule has 0 spiro atoms. The normalized spacial score (nSPS) is 10.8. The van der Waals surface area contributed by atoms with Gasteiger partial charge in [0.2, 0.25) is 0 Å². The fraction of sp³-hybridized carbons (Fsp3) is 0.167. The number of hydrogen-bond acceptors (Lipinski definition) is 5. The summed E-state index contributed by atoms with van der Waals surface area (Å²) < 4.78 is 11.7. The van der Waals surface area contributed by atoms with Crippen LogP contribution < -0.4 is 10.3 Å². The monoisotopic (exact) mass is 392 g/mol. The minimum atomic E-state index is -0.636. The van der Waals surface area contributed by atoms with Gasteiger partial charge in [-0.25, -0.2) is 9.78 Å². The smallest absolute Gasteiger partial charge is 0.338 e. The zero-order chi connectivity index (χ0) is 18.8. The van der Waals surface area contributed by atoms with E-state index in [-0.39, 0.29) is 33.5 Å². The average molecular weight is 393 g/mol. The molecule has 0 fully saturated rings. The highest BCUT2D eigenvalue weighted by atomic mass is 35.5.